The van der Waals surface area contributed by atoms with Gasteiger partial charge >= 0.3 is 0 Å². The Morgan fingerprint density at radius 2 is 2.00 bits per heavy atom. The Bertz CT molecular complexity index is 967. The number of benzene rings is 1. The fourth-order valence-electron chi connectivity index (χ4n) is 3.74. The molecule has 1 aromatic heterocycles. The molecule has 0 fully saturated rings. The van der Waals surface area contributed by atoms with Crippen LogP contribution in [0.4, 0.5) is 5.69 Å². The topological polar surface area (TPSA) is 70.1 Å². The Morgan fingerprint density at radius 3 is 2.65 bits per heavy atom. The van der Waals surface area contributed by atoms with Crippen LogP contribution in [0.3, 0.4) is 0 Å². The molecule has 0 saturated carbocycles. The normalized spacial score (nSPS) is 20.2. The molecule has 6 heteroatoms. The number of nitrogens with zero attached hydrogens (tertiary/aromatic N) is 2. The molecule has 1 atom stereocenters. The number of rotatable bonds is 2. The van der Waals surface area contributed by atoms with E-state index in [2.05, 4.69) is 22.0 Å². The van der Waals surface area contributed by atoms with E-state index in [0.717, 1.165) is 39.8 Å². The highest BCUT2D eigenvalue weighted by Gasteiger charge is 2.40. The number of allylic oxidation sites excluding steroid dienone is 3. The standard InChI is InChI=1S/C20H16BrN3OS/c21-13-4-6-14(7-5-13)24-16-2-1-3-17(25)19(16)18(12-8-9-26-11-12)15(10-22)20(24)23/h4-9,11,18H,1-3,23H2/t18-/m1/s1. The molecule has 26 heavy (non-hydrogen) atoms. The molecular weight excluding hydrogens is 410 g/mol. The number of Topliss-reactive ketones (excluding diaryl/α,β-unsaturated/α-hetero) is 1. The molecule has 0 bridgehead atoms. The summed E-state index contributed by atoms with van der Waals surface area (Å²) in [4.78, 5) is 14.8. The van der Waals surface area contributed by atoms with E-state index in [1.165, 1.54) is 0 Å². The van der Waals surface area contributed by atoms with Gasteiger partial charge in [0.25, 0.3) is 0 Å². The molecule has 0 amide bonds. The number of nitriles is 1. The zero-order valence-electron chi connectivity index (χ0n) is 13.9. The van der Waals surface area contributed by atoms with E-state index in [4.69, 9.17) is 5.73 Å². The number of ketones is 1. The fraction of sp³-hybridized carbons (Fsp3) is 0.200. The smallest absolute Gasteiger partial charge is 0.161 e. The van der Waals surface area contributed by atoms with Gasteiger partial charge in [0.05, 0.1) is 17.6 Å². The molecule has 2 heterocycles. The molecule has 4 rings (SSSR count). The van der Waals surface area contributed by atoms with Crippen LogP contribution < -0.4 is 10.6 Å². The Morgan fingerprint density at radius 1 is 1.23 bits per heavy atom. The second-order valence-corrected chi connectivity index (χ2v) is 8.05. The predicted molar refractivity (Wildman–Crippen MR) is 106 cm³/mol. The van der Waals surface area contributed by atoms with Crippen molar-refractivity contribution in [3.63, 3.8) is 0 Å². The van der Waals surface area contributed by atoms with Gasteiger partial charge in [-0.2, -0.15) is 16.6 Å². The van der Waals surface area contributed by atoms with Crippen molar-refractivity contribution < 1.29 is 4.79 Å². The predicted octanol–water partition coefficient (Wildman–Crippen LogP) is 4.82. The molecule has 4 nitrogen and oxygen atoms in total. The Labute approximate surface area is 164 Å². The molecule has 2 aliphatic rings. The van der Waals surface area contributed by atoms with Gasteiger partial charge in [-0.1, -0.05) is 15.9 Å². The van der Waals surface area contributed by atoms with Crippen molar-refractivity contribution in [2.75, 3.05) is 4.90 Å². The lowest BCUT2D eigenvalue weighted by Gasteiger charge is -2.39. The van der Waals surface area contributed by atoms with Crippen LogP contribution in [0.2, 0.25) is 0 Å². The van der Waals surface area contributed by atoms with E-state index in [-0.39, 0.29) is 11.7 Å². The second kappa shape index (κ2) is 6.75. The molecule has 0 radical (unpaired) electrons. The number of hydrogen-bond donors (Lipinski definition) is 1. The molecule has 2 N–H and O–H groups in total. The van der Waals surface area contributed by atoms with Gasteiger partial charge in [-0.15, -0.1) is 0 Å². The van der Waals surface area contributed by atoms with Gasteiger partial charge < -0.3 is 5.73 Å². The first-order valence-electron chi connectivity index (χ1n) is 8.35. The Kier molecular flexibility index (Phi) is 4.43. The highest BCUT2D eigenvalue weighted by atomic mass is 79.9. The lowest BCUT2D eigenvalue weighted by molar-refractivity contribution is -0.116. The zero-order chi connectivity index (χ0) is 18.3. The van der Waals surface area contributed by atoms with Crippen molar-refractivity contribution in [1.82, 2.24) is 0 Å². The summed E-state index contributed by atoms with van der Waals surface area (Å²) in [6.07, 6.45) is 2.10. The number of anilines is 1. The Balaban J connectivity index is 1.96. The van der Waals surface area contributed by atoms with Gasteiger partial charge in [-0.25, -0.2) is 0 Å². The molecule has 1 aliphatic carbocycles. The van der Waals surface area contributed by atoms with Crippen LogP contribution in [0.5, 0.6) is 0 Å². The zero-order valence-corrected chi connectivity index (χ0v) is 16.3. The molecule has 2 aromatic rings. The highest BCUT2D eigenvalue weighted by Crippen LogP contribution is 2.46. The van der Waals surface area contributed by atoms with Crippen molar-refractivity contribution in [3.05, 3.63) is 73.8 Å². The van der Waals surface area contributed by atoms with Gasteiger partial charge in [-0.05, 0) is 59.5 Å². The maximum Gasteiger partial charge on any atom is 0.161 e. The second-order valence-electron chi connectivity index (χ2n) is 6.35. The average molecular weight is 426 g/mol. The maximum absolute atomic E-state index is 12.9. The van der Waals surface area contributed by atoms with Crippen LogP contribution in [0, 0.1) is 11.3 Å². The number of halogens is 1. The summed E-state index contributed by atoms with van der Waals surface area (Å²) >= 11 is 5.01. The van der Waals surface area contributed by atoms with Gasteiger partial charge in [0, 0.05) is 27.9 Å². The van der Waals surface area contributed by atoms with E-state index < -0.39 is 0 Å². The third kappa shape index (κ3) is 2.68. The summed E-state index contributed by atoms with van der Waals surface area (Å²) in [6, 6.07) is 12.0. The van der Waals surface area contributed by atoms with E-state index in [0.29, 0.717) is 17.8 Å². The monoisotopic (exact) mass is 425 g/mol. The summed E-state index contributed by atoms with van der Waals surface area (Å²) < 4.78 is 0.964. The summed E-state index contributed by atoms with van der Waals surface area (Å²) in [5.41, 5.74) is 10.4. The van der Waals surface area contributed by atoms with E-state index in [1.54, 1.807) is 11.3 Å². The summed E-state index contributed by atoms with van der Waals surface area (Å²) in [7, 11) is 0. The van der Waals surface area contributed by atoms with E-state index in [9.17, 15) is 10.1 Å². The lowest BCUT2D eigenvalue weighted by Crippen LogP contribution is -2.38. The third-order valence-corrected chi connectivity index (χ3v) is 6.10. The van der Waals surface area contributed by atoms with E-state index in [1.807, 2.05) is 46.0 Å². The molecule has 0 spiro atoms. The van der Waals surface area contributed by atoms with Gasteiger partial charge in [0.1, 0.15) is 5.82 Å². The highest BCUT2D eigenvalue weighted by molar-refractivity contribution is 9.10. The van der Waals surface area contributed by atoms with Crippen molar-refractivity contribution >= 4 is 38.7 Å². The quantitative estimate of drug-likeness (QED) is 0.748. The maximum atomic E-state index is 12.9. The lowest BCUT2D eigenvalue weighted by atomic mass is 9.76. The van der Waals surface area contributed by atoms with Gasteiger partial charge in [0.15, 0.2) is 5.78 Å². The number of thiophene rings is 1. The molecule has 1 aliphatic heterocycles. The SMILES string of the molecule is N#CC1=C(N)N(c2ccc(Br)cc2)C2=C(C(=O)CCC2)[C@@H]1c1ccsc1. The molecule has 1 aromatic carbocycles. The number of hydrogen-bond acceptors (Lipinski definition) is 5. The van der Waals surface area contributed by atoms with Gasteiger partial charge in [-0.3, -0.25) is 9.69 Å². The number of carbonyl (C=O) groups is 1. The van der Waals surface area contributed by atoms with Crippen molar-refractivity contribution in [1.29, 1.82) is 5.26 Å². The van der Waals surface area contributed by atoms with Crippen molar-refractivity contribution in [2.45, 2.75) is 25.2 Å². The molecule has 0 unspecified atom stereocenters. The minimum atomic E-state index is -0.360. The van der Waals surface area contributed by atoms with E-state index >= 15 is 0 Å². The van der Waals surface area contributed by atoms with Crippen LogP contribution in [0.15, 0.2) is 68.2 Å². The van der Waals surface area contributed by atoms with Crippen LogP contribution in [-0.2, 0) is 4.79 Å². The first-order chi connectivity index (χ1) is 12.6. The molecular formula is C20H16BrN3OS. The minimum Gasteiger partial charge on any atom is -0.384 e. The van der Waals surface area contributed by atoms with Gasteiger partial charge in [0.2, 0.25) is 0 Å². The molecule has 0 saturated heterocycles. The number of carbonyl (C=O) groups excluding carboxylic acids is 1. The third-order valence-electron chi connectivity index (χ3n) is 4.87. The first-order valence-corrected chi connectivity index (χ1v) is 10.1. The first kappa shape index (κ1) is 17.1. The summed E-state index contributed by atoms with van der Waals surface area (Å²) in [6.45, 7) is 0. The van der Waals surface area contributed by atoms with Crippen LogP contribution in [0.1, 0.15) is 30.7 Å². The van der Waals surface area contributed by atoms with Crippen molar-refractivity contribution in [3.8, 4) is 6.07 Å². The molecule has 130 valence electrons. The number of nitrogens with two attached hydrogens (primary N) is 1. The largest absolute Gasteiger partial charge is 0.384 e. The van der Waals surface area contributed by atoms with Crippen LogP contribution >= 0.6 is 27.3 Å². The van der Waals surface area contributed by atoms with Crippen molar-refractivity contribution in [2.24, 2.45) is 5.73 Å². The minimum absolute atomic E-state index is 0.116. The fourth-order valence-corrected chi connectivity index (χ4v) is 4.69. The van der Waals surface area contributed by atoms with Crippen LogP contribution in [0.25, 0.3) is 0 Å². The Hall–Kier alpha value is -2.36. The van der Waals surface area contributed by atoms with Crippen LogP contribution in [-0.4, -0.2) is 5.78 Å². The summed E-state index contributed by atoms with van der Waals surface area (Å²) in [5.74, 6) is 0.171. The average Bonchev–Trinajstić information content (AvgIpc) is 3.16. The summed E-state index contributed by atoms with van der Waals surface area (Å²) in [5, 5.41) is 13.8.